The predicted molar refractivity (Wildman–Crippen MR) is 69.7 cm³/mol. The first-order valence-electron chi connectivity index (χ1n) is 5.27. The molecule has 1 heterocycles. The number of hydrogen-bond acceptors (Lipinski definition) is 5. The molecule has 17 heavy (non-hydrogen) atoms. The van der Waals surface area contributed by atoms with Crippen molar-refractivity contribution >= 4 is 29.1 Å². The van der Waals surface area contributed by atoms with Gasteiger partial charge < -0.3 is 16.4 Å². The molecule has 1 aromatic rings. The van der Waals surface area contributed by atoms with E-state index >= 15 is 0 Å². The minimum absolute atomic E-state index is 0.101. The molecule has 0 radical (unpaired) electrons. The van der Waals surface area contributed by atoms with Crippen LogP contribution >= 0.6 is 12.2 Å². The first-order chi connectivity index (χ1) is 8.13. The van der Waals surface area contributed by atoms with E-state index in [2.05, 4.69) is 20.6 Å². The summed E-state index contributed by atoms with van der Waals surface area (Å²) in [5, 5.41) is 5.53. The summed E-state index contributed by atoms with van der Waals surface area (Å²) in [7, 11) is 0. The molecule has 0 saturated heterocycles. The minimum Gasteiger partial charge on any atom is -0.388 e. The molecule has 0 aliphatic carbocycles. The number of hydrogen-bond donors (Lipinski definition) is 3. The van der Waals surface area contributed by atoms with Gasteiger partial charge in [0.25, 0.3) is 0 Å². The van der Waals surface area contributed by atoms with Gasteiger partial charge in [0.15, 0.2) is 0 Å². The third kappa shape index (κ3) is 4.73. The molecule has 4 N–H and O–H groups in total. The van der Waals surface area contributed by atoms with E-state index in [4.69, 9.17) is 18.0 Å². The smallest absolute Gasteiger partial charge is 0.239 e. The molecule has 92 valence electrons. The van der Waals surface area contributed by atoms with E-state index in [0.29, 0.717) is 18.2 Å². The first kappa shape index (κ1) is 13.3. The maximum atomic E-state index is 11.3. The molecule has 0 aliphatic rings. The SMILES string of the molecule is CCCNC(=O)CNc1nccc(C(N)=S)n1. The third-order valence-electron chi connectivity index (χ3n) is 1.89. The van der Waals surface area contributed by atoms with Gasteiger partial charge in [0, 0.05) is 12.7 Å². The lowest BCUT2D eigenvalue weighted by atomic mass is 10.4. The van der Waals surface area contributed by atoms with Crippen molar-refractivity contribution in [1.82, 2.24) is 15.3 Å². The summed E-state index contributed by atoms with van der Waals surface area (Å²) < 4.78 is 0. The third-order valence-corrected chi connectivity index (χ3v) is 2.10. The Morgan fingerprint density at radius 1 is 1.59 bits per heavy atom. The predicted octanol–water partition coefficient (Wildman–Crippen LogP) is 0.0489. The zero-order valence-electron chi connectivity index (χ0n) is 9.56. The van der Waals surface area contributed by atoms with Crippen LogP contribution < -0.4 is 16.4 Å². The lowest BCUT2D eigenvalue weighted by Gasteiger charge is -2.06. The highest BCUT2D eigenvalue weighted by atomic mass is 32.1. The number of carbonyl (C=O) groups excluding carboxylic acids is 1. The highest BCUT2D eigenvalue weighted by molar-refractivity contribution is 7.80. The fraction of sp³-hybridized carbons (Fsp3) is 0.400. The van der Waals surface area contributed by atoms with E-state index in [1.807, 2.05) is 6.92 Å². The Hall–Kier alpha value is -1.76. The molecular weight excluding hydrogens is 238 g/mol. The van der Waals surface area contributed by atoms with Gasteiger partial charge in [-0.1, -0.05) is 19.1 Å². The Labute approximate surface area is 105 Å². The van der Waals surface area contributed by atoms with Crippen molar-refractivity contribution in [1.29, 1.82) is 0 Å². The molecule has 1 aromatic heterocycles. The Kier molecular flexibility index (Phi) is 5.28. The summed E-state index contributed by atoms with van der Waals surface area (Å²) in [6, 6.07) is 1.62. The lowest BCUT2D eigenvalue weighted by Crippen LogP contribution is -2.30. The molecule has 7 heteroatoms. The summed E-state index contributed by atoms with van der Waals surface area (Å²) in [5.74, 6) is 0.234. The Morgan fingerprint density at radius 3 is 3.00 bits per heavy atom. The van der Waals surface area contributed by atoms with Crippen LogP contribution in [-0.2, 0) is 4.79 Å². The average Bonchev–Trinajstić information content (AvgIpc) is 2.34. The lowest BCUT2D eigenvalue weighted by molar-refractivity contribution is -0.119. The van der Waals surface area contributed by atoms with Crippen molar-refractivity contribution in [2.24, 2.45) is 5.73 Å². The highest BCUT2D eigenvalue weighted by Crippen LogP contribution is 1.99. The number of rotatable bonds is 6. The van der Waals surface area contributed by atoms with Crippen LogP contribution in [0.25, 0.3) is 0 Å². The second-order valence-corrected chi connectivity index (χ2v) is 3.77. The Bertz CT molecular complexity index is 409. The Balaban J connectivity index is 2.49. The number of nitrogens with one attached hydrogen (secondary N) is 2. The van der Waals surface area contributed by atoms with Gasteiger partial charge in [0.1, 0.15) is 10.7 Å². The average molecular weight is 253 g/mol. The number of nitrogens with zero attached hydrogens (tertiary/aromatic N) is 2. The number of aromatic nitrogens is 2. The molecule has 1 rings (SSSR count). The van der Waals surface area contributed by atoms with E-state index in [1.165, 1.54) is 6.20 Å². The van der Waals surface area contributed by atoms with E-state index in [0.717, 1.165) is 6.42 Å². The molecule has 6 nitrogen and oxygen atoms in total. The van der Waals surface area contributed by atoms with Crippen LogP contribution in [0.2, 0.25) is 0 Å². The second kappa shape index (κ2) is 6.74. The molecule has 0 atom stereocenters. The van der Waals surface area contributed by atoms with E-state index in [9.17, 15) is 4.79 Å². The molecular formula is C10H15N5OS. The van der Waals surface area contributed by atoms with Crippen molar-refractivity contribution < 1.29 is 4.79 Å². The number of carbonyl (C=O) groups is 1. The second-order valence-electron chi connectivity index (χ2n) is 3.33. The summed E-state index contributed by atoms with van der Waals surface area (Å²) in [4.78, 5) is 19.5. The summed E-state index contributed by atoms with van der Waals surface area (Å²) >= 11 is 4.80. The first-order valence-corrected chi connectivity index (χ1v) is 5.67. The van der Waals surface area contributed by atoms with Gasteiger partial charge >= 0.3 is 0 Å². The van der Waals surface area contributed by atoms with E-state index < -0.39 is 0 Å². The largest absolute Gasteiger partial charge is 0.388 e. The van der Waals surface area contributed by atoms with Crippen LogP contribution in [0, 0.1) is 0 Å². The molecule has 0 aromatic carbocycles. The van der Waals surface area contributed by atoms with Crippen molar-refractivity contribution in [3.8, 4) is 0 Å². The maximum Gasteiger partial charge on any atom is 0.239 e. The summed E-state index contributed by atoms with van der Waals surface area (Å²) in [6.07, 6.45) is 2.44. The van der Waals surface area contributed by atoms with Crippen LogP contribution in [0.15, 0.2) is 12.3 Å². The number of anilines is 1. The molecule has 0 fully saturated rings. The number of nitrogens with two attached hydrogens (primary N) is 1. The molecule has 0 bridgehead atoms. The highest BCUT2D eigenvalue weighted by Gasteiger charge is 2.03. The van der Waals surface area contributed by atoms with Crippen molar-refractivity contribution in [3.63, 3.8) is 0 Å². The van der Waals surface area contributed by atoms with Gasteiger partial charge in [-0.15, -0.1) is 0 Å². The van der Waals surface area contributed by atoms with Crippen molar-refractivity contribution in [2.75, 3.05) is 18.4 Å². The summed E-state index contributed by atoms with van der Waals surface area (Å²) in [6.45, 7) is 2.78. The van der Waals surface area contributed by atoms with Gasteiger partial charge in [-0.3, -0.25) is 4.79 Å². The van der Waals surface area contributed by atoms with Crippen LogP contribution in [0.1, 0.15) is 19.0 Å². The molecule has 1 amide bonds. The zero-order valence-corrected chi connectivity index (χ0v) is 10.4. The quantitative estimate of drug-likeness (QED) is 0.620. The topological polar surface area (TPSA) is 92.9 Å². The van der Waals surface area contributed by atoms with Crippen molar-refractivity contribution in [3.05, 3.63) is 18.0 Å². The maximum absolute atomic E-state index is 11.3. The Morgan fingerprint density at radius 2 is 2.35 bits per heavy atom. The summed E-state index contributed by atoms with van der Waals surface area (Å²) in [5.41, 5.74) is 5.92. The van der Waals surface area contributed by atoms with E-state index in [-0.39, 0.29) is 17.4 Å². The van der Waals surface area contributed by atoms with Crippen LogP contribution in [-0.4, -0.2) is 34.0 Å². The van der Waals surface area contributed by atoms with Gasteiger partial charge in [-0.05, 0) is 12.5 Å². The van der Waals surface area contributed by atoms with Crippen LogP contribution in [0.3, 0.4) is 0 Å². The monoisotopic (exact) mass is 253 g/mol. The zero-order chi connectivity index (χ0) is 12.7. The van der Waals surface area contributed by atoms with Gasteiger partial charge in [-0.2, -0.15) is 0 Å². The van der Waals surface area contributed by atoms with Crippen LogP contribution in [0.4, 0.5) is 5.95 Å². The fourth-order valence-electron chi connectivity index (χ4n) is 1.07. The number of amides is 1. The fourth-order valence-corrected chi connectivity index (χ4v) is 1.18. The molecule has 0 aliphatic heterocycles. The van der Waals surface area contributed by atoms with Gasteiger partial charge in [-0.25, -0.2) is 9.97 Å². The van der Waals surface area contributed by atoms with E-state index in [1.54, 1.807) is 6.07 Å². The minimum atomic E-state index is -0.101. The normalized spacial score (nSPS) is 9.71. The van der Waals surface area contributed by atoms with Gasteiger partial charge in [0.2, 0.25) is 11.9 Å². The number of thiocarbonyl (C=S) groups is 1. The van der Waals surface area contributed by atoms with Crippen molar-refractivity contribution in [2.45, 2.75) is 13.3 Å². The van der Waals surface area contributed by atoms with Crippen LogP contribution in [0.5, 0.6) is 0 Å². The van der Waals surface area contributed by atoms with Gasteiger partial charge in [0.05, 0.1) is 6.54 Å². The molecule has 0 spiro atoms. The molecule has 0 unspecified atom stereocenters. The molecule has 0 saturated carbocycles. The standard InChI is InChI=1S/C10H15N5OS/c1-2-4-12-8(16)6-14-10-13-5-3-7(15-10)9(11)17/h3,5H,2,4,6H2,1H3,(H2,11,17)(H,12,16)(H,13,14,15).